The molecule has 0 aliphatic carbocycles. The number of hydrogen-bond acceptors (Lipinski definition) is 3. The minimum Gasteiger partial charge on any atom is -0.477 e. The zero-order valence-corrected chi connectivity index (χ0v) is 12.1. The molecule has 0 spiro atoms. The molecule has 0 saturated heterocycles. The van der Waals surface area contributed by atoms with Crippen molar-refractivity contribution in [3.63, 3.8) is 0 Å². The maximum absolute atomic E-state index is 11.6. The van der Waals surface area contributed by atoms with E-state index in [-0.39, 0.29) is 12.2 Å². The van der Waals surface area contributed by atoms with Crippen molar-refractivity contribution in [3.05, 3.63) is 65.3 Å². The van der Waals surface area contributed by atoms with E-state index in [9.17, 15) is 9.59 Å². The summed E-state index contributed by atoms with van der Waals surface area (Å²) >= 11 is 0. The minimum atomic E-state index is -1.29. The Morgan fingerprint density at radius 1 is 1.19 bits per heavy atom. The first-order valence-corrected chi connectivity index (χ1v) is 6.57. The molecule has 0 atom stereocenters. The van der Waals surface area contributed by atoms with Gasteiger partial charge in [0.25, 0.3) is 0 Å². The van der Waals surface area contributed by atoms with Crippen molar-refractivity contribution in [2.75, 3.05) is 6.61 Å². The molecule has 0 bridgehead atoms. The van der Waals surface area contributed by atoms with Crippen molar-refractivity contribution in [2.45, 2.75) is 13.8 Å². The fourth-order valence-electron chi connectivity index (χ4n) is 1.63. The number of benzene rings is 1. The molecule has 0 aliphatic heterocycles. The van der Waals surface area contributed by atoms with E-state index in [4.69, 9.17) is 9.84 Å². The Balaban J connectivity index is 2.84. The predicted octanol–water partition coefficient (Wildman–Crippen LogP) is 3.22. The van der Waals surface area contributed by atoms with E-state index in [1.165, 1.54) is 0 Å². The molecule has 0 aromatic heterocycles. The SMILES string of the molecule is CCOC(=O)C(C(=O)O)=C(C)C=CC=Cc1ccccc1. The fraction of sp³-hybridized carbons (Fsp3) is 0.176. The molecule has 1 aromatic carbocycles. The van der Waals surface area contributed by atoms with Gasteiger partial charge in [0.1, 0.15) is 5.57 Å². The van der Waals surface area contributed by atoms with Gasteiger partial charge in [-0.2, -0.15) is 0 Å². The van der Waals surface area contributed by atoms with Gasteiger partial charge in [-0.3, -0.25) is 0 Å². The van der Waals surface area contributed by atoms with Gasteiger partial charge in [0.15, 0.2) is 0 Å². The number of aliphatic carboxylic acids is 1. The number of hydrogen-bond donors (Lipinski definition) is 1. The topological polar surface area (TPSA) is 63.6 Å². The third-order valence-corrected chi connectivity index (χ3v) is 2.63. The zero-order chi connectivity index (χ0) is 15.7. The quantitative estimate of drug-likeness (QED) is 0.287. The average molecular weight is 286 g/mol. The number of carboxylic acids is 1. The Kier molecular flexibility index (Phi) is 6.68. The summed E-state index contributed by atoms with van der Waals surface area (Å²) in [5.74, 6) is -2.11. The van der Waals surface area contributed by atoms with Gasteiger partial charge in [0.2, 0.25) is 0 Å². The van der Waals surface area contributed by atoms with Gasteiger partial charge in [0, 0.05) is 0 Å². The molecule has 0 aliphatic rings. The molecule has 0 amide bonds. The van der Waals surface area contributed by atoms with Gasteiger partial charge >= 0.3 is 11.9 Å². The Labute approximate surface area is 124 Å². The fourth-order valence-corrected chi connectivity index (χ4v) is 1.63. The second-order valence-electron chi connectivity index (χ2n) is 4.21. The van der Waals surface area contributed by atoms with Crippen LogP contribution in [0.2, 0.25) is 0 Å². The first-order valence-electron chi connectivity index (χ1n) is 6.57. The van der Waals surface area contributed by atoms with Crippen LogP contribution in [0, 0.1) is 0 Å². The summed E-state index contributed by atoms with van der Waals surface area (Å²) in [5, 5.41) is 9.06. The van der Waals surface area contributed by atoms with Crippen molar-refractivity contribution in [1.29, 1.82) is 0 Å². The van der Waals surface area contributed by atoms with Crippen LogP contribution in [0.4, 0.5) is 0 Å². The van der Waals surface area contributed by atoms with Crippen molar-refractivity contribution in [3.8, 4) is 0 Å². The Morgan fingerprint density at radius 2 is 1.86 bits per heavy atom. The molecule has 4 nitrogen and oxygen atoms in total. The van der Waals surface area contributed by atoms with Crippen LogP contribution in [0.25, 0.3) is 6.08 Å². The van der Waals surface area contributed by atoms with Crippen molar-refractivity contribution in [1.82, 2.24) is 0 Å². The molecule has 21 heavy (non-hydrogen) atoms. The highest BCUT2D eigenvalue weighted by Gasteiger charge is 2.20. The van der Waals surface area contributed by atoms with Gasteiger partial charge in [0.05, 0.1) is 6.61 Å². The Bertz CT molecular complexity index is 580. The van der Waals surface area contributed by atoms with Crippen LogP contribution >= 0.6 is 0 Å². The van der Waals surface area contributed by atoms with Crippen LogP contribution in [0.15, 0.2) is 59.7 Å². The highest BCUT2D eigenvalue weighted by Crippen LogP contribution is 2.09. The smallest absolute Gasteiger partial charge is 0.345 e. The maximum Gasteiger partial charge on any atom is 0.345 e. The monoisotopic (exact) mass is 286 g/mol. The largest absolute Gasteiger partial charge is 0.477 e. The lowest BCUT2D eigenvalue weighted by atomic mass is 10.1. The molecule has 0 heterocycles. The number of allylic oxidation sites excluding steroid dienone is 4. The number of rotatable bonds is 6. The summed E-state index contributed by atoms with van der Waals surface area (Å²) in [4.78, 5) is 22.7. The highest BCUT2D eigenvalue weighted by molar-refractivity contribution is 6.14. The van der Waals surface area contributed by atoms with Crippen molar-refractivity contribution >= 4 is 18.0 Å². The Morgan fingerprint density at radius 3 is 2.43 bits per heavy atom. The predicted molar refractivity (Wildman–Crippen MR) is 81.6 cm³/mol. The van der Waals surface area contributed by atoms with E-state index < -0.39 is 11.9 Å². The molecule has 4 heteroatoms. The van der Waals surface area contributed by atoms with Gasteiger partial charge < -0.3 is 9.84 Å². The van der Waals surface area contributed by atoms with Crippen LogP contribution in [0.1, 0.15) is 19.4 Å². The summed E-state index contributed by atoms with van der Waals surface area (Å²) in [6, 6.07) is 9.69. The molecule has 1 N–H and O–H groups in total. The number of carboxylic acid groups (broad SMARTS) is 1. The molecule has 0 radical (unpaired) electrons. The maximum atomic E-state index is 11.6. The average Bonchev–Trinajstić information content (AvgIpc) is 2.45. The molecule has 1 rings (SSSR count). The van der Waals surface area contributed by atoms with Crippen LogP contribution in [-0.4, -0.2) is 23.7 Å². The molecular weight excluding hydrogens is 268 g/mol. The number of ether oxygens (including phenoxy) is 1. The molecule has 110 valence electrons. The van der Waals surface area contributed by atoms with E-state index in [2.05, 4.69) is 0 Å². The van der Waals surface area contributed by atoms with Crippen LogP contribution < -0.4 is 0 Å². The normalized spacial score (nSPS) is 12.5. The Hall–Kier alpha value is -2.62. The second-order valence-corrected chi connectivity index (χ2v) is 4.21. The third kappa shape index (κ3) is 5.48. The van der Waals surface area contributed by atoms with Crippen molar-refractivity contribution in [2.24, 2.45) is 0 Å². The summed E-state index contributed by atoms with van der Waals surface area (Å²) in [6.45, 7) is 3.33. The summed E-state index contributed by atoms with van der Waals surface area (Å²) < 4.78 is 4.73. The van der Waals surface area contributed by atoms with E-state index in [1.807, 2.05) is 36.4 Å². The minimum absolute atomic E-state index is 0.139. The molecule has 0 saturated carbocycles. The van der Waals surface area contributed by atoms with Crippen LogP contribution in [0.3, 0.4) is 0 Å². The summed E-state index contributed by atoms with van der Waals surface area (Å²) in [6.07, 6.45) is 6.92. The molecule has 1 aromatic rings. The van der Waals surface area contributed by atoms with Crippen LogP contribution in [-0.2, 0) is 14.3 Å². The number of carbonyl (C=O) groups is 2. The first kappa shape index (κ1) is 16.4. The van der Waals surface area contributed by atoms with E-state index in [0.29, 0.717) is 5.57 Å². The van der Waals surface area contributed by atoms with Gasteiger partial charge in [-0.1, -0.05) is 54.6 Å². The lowest BCUT2D eigenvalue weighted by Crippen LogP contribution is -2.16. The first-order chi connectivity index (χ1) is 10.1. The standard InChI is InChI=1S/C17H18O4/c1-3-21-17(20)15(16(18)19)13(2)9-7-8-12-14-10-5-4-6-11-14/h4-12H,3H2,1-2H3,(H,18,19). The number of esters is 1. The second kappa shape index (κ2) is 8.53. The van der Waals surface area contributed by atoms with Crippen molar-refractivity contribution < 1.29 is 19.4 Å². The zero-order valence-electron chi connectivity index (χ0n) is 12.1. The summed E-state index contributed by atoms with van der Waals surface area (Å²) in [5.41, 5.74) is 1.03. The van der Waals surface area contributed by atoms with E-state index >= 15 is 0 Å². The number of carbonyl (C=O) groups excluding carboxylic acids is 1. The van der Waals surface area contributed by atoms with E-state index in [1.54, 1.807) is 32.1 Å². The highest BCUT2D eigenvalue weighted by atomic mass is 16.5. The molecular formula is C17H18O4. The van der Waals surface area contributed by atoms with Gasteiger partial charge in [-0.05, 0) is 25.0 Å². The molecule has 0 fully saturated rings. The van der Waals surface area contributed by atoms with Gasteiger partial charge in [-0.15, -0.1) is 0 Å². The van der Waals surface area contributed by atoms with Crippen LogP contribution in [0.5, 0.6) is 0 Å². The van der Waals surface area contributed by atoms with E-state index in [0.717, 1.165) is 5.56 Å². The third-order valence-electron chi connectivity index (χ3n) is 2.63. The lowest BCUT2D eigenvalue weighted by molar-refractivity contribution is -0.143. The lowest BCUT2D eigenvalue weighted by Gasteiger charge is -2.04. The molecule has 0 unspecified atom stereocenters. The van der Waals surface area contributed by atoms with Gasteiger partial charge in [-0.25, -0.2) is 9.59 Å². The summed E-state index contributed by atoms with van der Waals surface area (Å²) in [7, 11) is 0.